The van der Waals surface area contributed by atoms with Gasteiger partial charge in [-0.2, -0.15) is 0 Å². The molecule has 0 bridgehead atoms. The molecule has 1 aliphatic rings. The van der Waals surface area contributed by atoms with Gasteiger partial charge in [0.2, 0.25) is 10.0 Å². The van der Waals surface area contributed by atoms with E-state index in [1.807, 2.05) is 6.08 Å². The second-order valence-electron chi connectivity index (χ2n) is 7.29. The standard InChI is InChI=1S/C22H24ClNO4S/c1-2-3-15-12-16(4-11-22(25)26)21-10-7-19(14-17(21)13-15)24-29(27,28)20-8-5-18(23)6-9-20/h2,5-6,8-9,12-13,19,24H,1,3-4,7,10-11,14H2,(H,25,26). The molecule has 0 amide bonds. The lowest BCUT2D eigenvalue weighted by molar-refractivity contribution is -0.136. The van der Waals surface area contributed by atoms with Gasteiger partial charge in [-0.3, -0.25) is 4.79 Å². The minimum atomic E-state index is -3.63. The maximum atomic E-state index is 12.7. The average Bonchev–Trinajstić information content (AvgIpc) is 2.66. The minimum Gasteiger partial charge on any atom is -0.481 e. The number of allylic oxidation sites excluding steroid dienone is 1. The molecule has 7 heteroatoms. The molecule has 154 valence electrons. The van der Waals surface area contributed by atoms with Crippen molar-refractivity contribution < 1.29 is 18.3 Å². The Labute approximate surface area is 176 Å². The number of benzene rings is 2. The monoisotopic (exact) mass is 433 g/mol. The van der Waals surface area contributed by atoms with Crippen LogP contribution in [0, 0.1) is 0 Å². The Balaban J connectivity index is 1.82. The maximum Gasteiger partial charge on any atom is 0.303 e. The van der Waals surface area contributed by atoms with Crippen LogP contribution in [-0.4, -0.2) is 25.5 Å². The molecule has 0 radical (unpaired) electrons. The van der Waals surface area contributed by atoms with Crippen molar-refractivity contribution in [2.75, 3.05) is 0 Å². The van der Waals surface area contributed by atoms with Crippen LogP contribution in [0.15, 0.2) is 53.9 Å². The number of carbonyl (C=O) groups is 1. The molecular weight excluding hydrogens is 410 g/mol. The van der Waals surface area contributed by atoms with Gasteiger partial charge in [-0.15, -0.1) is 6.58 Å². The molecule has 3 rings (SSSR count). The summed E-state index contributed by atoms with van der Waals surface area (Å²) in [6.45, 7) is 3.78. The summed E-state index contributed by atoms with van der Waals surface area (Å²) >= 11 is 5.85. The van der Waals surface area contributed by atoms with E-state index in [0.717, 1.165) is 22.3 Å². The number of rotatable bonds is 8. The van der Waals surface area contributed by atoms with Crippen LogP contribution in [0.1, 0.15) is 35.1 Å². The molecule has 1 atom stereocenters. The summed E-state index contributed by atoms with van der Waals surface area (Å²) in [6.07, 6.45) is 5.02. The van der Waals surface area contributed by atoms with Gasteiger partial charge in [0.1, 0.15) is 0 Å². The van der Waals surface area contributed by atoms with Crippen molar-refractivity contribution in [2.45, 2.75) is 49.5 Å². The third kappa shape index (κ3) is 5.47. The quantitative estimate of drug-likeness (QED) is 0.618. The Morgan fingerprint density at radius 3 is 2.66 bits per heavy atom. The fraction of sp³-hybridized carbons (Fsp3) is 0.318. The number of halogens is 1. The number of hydrogen-bond donors (Lipinski definition) is 2. The van der Waals surface area contributed by atoms with Gasteiger partial charge in [-0.1, -0.05) is 29.8 Å². The molecule has 0 spiro atoms. The highest BCUT2D eigenvalue weighted by Gasteiger charge is 2.26. The second-order valence-corrected chi connectivity index (χ2v) is 9.44. The largest absolute Gasteiger partial charge is 0.481 e. The van der Waals surface area contributed by atoms with Crippen molar-refractivity contribution in [1.29, 1.82) is 0 Å². The summed E-state index contributed by atoms with van der Waals surface area (Å²) in [5.41, 5.74) is 4.35. The molecule has 0 aromatic heterocycles. The van der Waals surface area contributed by atoms with Crippen LogP contribution >= 0.6 is 11.6 Å². The summed E-state index contributed by atoms with van der Waals surface area (Å²) in [7, 11) is -3.63. The first-order valence-electron chi connectivity index (χ1n) is 9.52. The smallest absolute Gasteiger partial charge is 0.303 e. The van der Waals surface area contributed by atoms with Crippen LogP contribution in [0.2, 0.25) is 5.02 Å². The first-order chi connectivity index (χ1) is 13.8. The topological polar surface area (TPSA) is 83.5 Å². The van der Waals surface area contributed by atoms with E-state index >= 15 is 0 Å². The van der Waals surface area contributed by atoms with Gasteiger partial charge in [0.05, 0.1) is 4.90 Å². The molecule has 5 nitrogen and oxygen atoms in total. The van der Waals surface area contributed by atoms with Gasteiger partial charge < -0.3 is 5.11 Å². The predicted molar refractivity (Wildman–Crippen MR) is 114 cm³/mol. The molecule has 0 aliphatic heterocycles. The Morgan fingerprint density at radius 2 is 2.00 bits per heavy atom. The lowest BCUT2D eigenvalue weighted by Gasteiger charge is -2.28. The maximum absolute atomic E-state index is 12.7. The first-order valence-corrected chi connectivity index (χ1v) is 11.4. The second kappa shape index (κ2) is 9.11. The van der Waals surface area contributed by atoms with Crippen molar-refractivity contribution >= 4 is 27.6 Å². The van der Waals surface area contributed by atoms with E-state index in [-0.39, 0.29) is 17.4 Å². The number of sulfonamides is 1. The first kappa shape index (κ1) is 21.6. The molecule has 0 fully saturated rings. The third-order valence-electron chi connectivity index (χ3n) is 5.14. The molecule has 0 heterocycles. The van der Waals surface area contributed by atoms with Crippen molar-refractivity contribution in [2.24, 2.45) is 0 Å². The Kier molecular flexibility index (Phi) is 6.77. The number of nitrogens with one attached hydrogen (secondary N) is 1. The van der Waals surface area contributed by atoms with Crippen molar-refractivity contribution in [3.05, 3.63) is 76.3 Å². The molecule has 0 saturated heterocycles. The zero-order valence-corrected chi connectivity index (χ0v) is 17.6. The molecular formula is C22H24ClNO4S. The predicted octanol–water partition coefficient (Wildman–Crippen LogP) is 3.92. The van der Waals surface area contributed by atoms with Gasteiger partial charge >= 0.3 is 5.97 Å². The average molecular weight is 434 g/mol. The summed E-state index contributed by atoms with van der Waals surface area (Å²) < 4.78 is 28.2. The fourth-order valence-electron chi connectivity index (χ4n) is 3.81. The highest BCUT2D eigenvalue weighted by atomic mass is 35.5. The molecule has 2 aromatic carbocycles. The SMILES string of the molecule is C=CCc1cc(CCC(=O)O)c2c(c1)CC(NS(=O)(=O)c1ccc(Cl)cc1)CC2. The number of hydrogen-bond acceptors (Lipinski definition) is 3. The van der Waals surface area contributed by atoms with Crippen LogP contribution < -0.4 is 4.72 Å². The number of aliphatic carboxylic acids is 1. The van der Waals surface area contributed by atoms with Gasteiger partial charge in [0.15, 0.2) is 0 Å². The molecule has 2 aromatic rings. The zero-order valence-electron chi connectivity index (χ0n) is 16.0. The number of carboxylic acid groups (broad SMARTS) is 1. The molecule has 1 aliphatic carbocycles. The van der Waals surface area contributed by atoms with Crippen molar-refractivity contribution in [3.63, 3.8) is 0 Å². The van der Waals surface area contributed by atoms with E-state index in [2.05, 4.69) is 23.4 Å². The summed E-state index contributed by atoms with van der Waals surface area (Å²) in [6, 6.07) is 10.0. The highest BCUT2D eigenvalue weighted by molar-refractivity contribution is 7.89. The van der Waals surface area contributed by atoms with Crippen LogP contribution in [0.25, 0.3) is 0 Å². The zero-order chi connectivity index (χ0) is 21.0. The van der Waals surface area contributed by atoms with E-state index < -0.39 is 16.0 Å². The van der Waals surface area contributed by atoms with E-state index in [4.69, 9.17) is 16.7 Å². The van der Waals surface area contributed by atoms with Crippen molar-refractivity contribution in [3.8, 4) is 0 Å². The molecule has 0 saturated carbocycles. The Bertz CT molecular complexity index is 1020. The minimum absolute atomic E-state index is 0.0800. The summed E-state index contributed by atoms with van der Waals surface area (Å²) in [4.78, 5) is 11.2. The summed E-state index contributed by atoms with van der Waals surface area (Å²) in [5.74, 6) is -0.822. The van der Waals surface area contributed by atoms with Crippen LogP contribution in [0.3, 0.4) is 0 Å². The highest BCUT2D eigenvalue weighted by Crippen LogP contribution is 2.29. The lowest BCUT2D eigenvalue weighted by atomic mass is 9.83. The van der Waals surface area contributed by atoms with E-state index in [1.54, 1.807) is 12.1 Å². The fourth-order valence-corrected chi connectivity index (χ4v) is 5.21. The third-order valence-corrected chi connectivity index (χ3v) is 6.93. The van der Waals surface area contributed by atoms with Gasteiger partial charge in [-0.05, 0) is 78.6 Å². The molecule has 1 unspecified atom stereocenters. The normalized spacial score (nSPS) is 16.2. The molecule has 2 N–H and O–H groups in total. The van der Waals surface area contributed by atoms with Crippen LogP contribution in [-0.2, 0) is 40.5 Å². The number of carboxylic acids is 1. The Morgan fingerprint density at radius 1 is 1.28 bits per heavy atom. The van der Waals surface area contributed by atoms with Gasteiger partial charge in [-0.25, -0.2) is 13.1 Å². The van der Waals surface area contributed by atoms with E-state index in [9.17, 15) is 13.2 Å². The van der Waals surface area contributed by atoms with E-state index in [1.165, 1.54) is 12.1 Å². The number of fused-ring (bicyclic) bond motifs is 1. The van der Waals surface area contributed by atoms with Crippen LogP contribution in [0.4, 0.5) is 0 Å². The van der Waals surface area contributed by atoms with Gasteiger partial charge in [0.25, 0.3) is 0 Å². The van der Waals surface area contributed by atoms with E-state index in [0.29, 0.717) is 37.1 Å². The Hall–Kier alpha value is -2.15. The lowest BCUT2D eigenvalue weighted by Crippen LogP contribution is -2.39. The molecule has 29 heavy (non-hydrogen) atoms. The van der Waals surface area contributed by atoms with Crippen LogP contribution in [0.5, 0.6) is 0 Å². The van der Waals surface area contributed by atoms with Gasteiger partial charge in [0, 0.05) is 17.5 Å². The van der Waals surface area contributed by atoms with Crippen molar-refractivity contribution in [1.82, 2.24) is 4.72 Å². The summed E-state index contributed by atoms with van der Waals surface area (Å²) in [5, 5.41) is 9.53. The number of aryl methyl sites for hydroxylation is 1.